The molecule has 7 nitrogen and oxygen atoms in total. The van der Waals surface area contributed by atoms with E-state index in [1.54, 1.807) is 35.2 Å². The van der Waals surface area contributed by atoms with E-state index in [1.165, 1.54) is 6.33 Å². The number of imidazole rings is 1. The molecule has 0 saturated carbocycles. The van der Waals surface area contributed by atoms with Gasteiger partial charge in [-0.2, -0.15) is 0 Å². The molecule has 1 fully saturated rings. The Morgan fingerprint density at radius 2 is 2.12 bits per heavy atom. The van der Waals surface area contributed by atoms with Crippen molar-refractivity contribution in [2.75, 3.05) is 6.61 Å². The van der Waals surface area contributed by atoms with Gasteiger partial charge in [0.2, 0.25) is 0 Å². The van der Waals surface area contributed by atoms with Crippen LogP contribution in [0.25, 0.3) is 11.2 Å². The van der Waals surface area contributed by atoms with Crippen molar-refractivity contribution in [2.24, 2.45) is 0 Å². The van der Waals surface area contributed by atoms with E-state index in [2.05, 4.69) is 15.0 Å². The van der Waals surface area contributed by atoms with E-state index in [4.69, 9.17) is 21.1 Å². The molecule has 0 spiro atoms. The zero-order valence-electron chi connectivity index (χ0n) is 13.1. The summed E-state index contributed by atoms with van der Waals surface area (Å²) in [5.41, 5.74) is 1.65. The highest BCUT2D eigenvalue weighted by Gasteiger charge is 2.29. The number of hydrogen-bond acceptors (Lipinski definition) is 6. The lowest BCUT2D eigenvalue weighted by Gasteiger charge is -2.15. The summed E-state index contributed by atoms with van der Waals surface area (Å²) in [6.45, 7) is 0.184. The van der Waals surface area contributed by atoms with Crippen LogP contribution in [0.4, 0.5) is 0 Å². The molecular formula is C17H14ClN4O3. The van der Waals surface area contributed by atoms with Crippen molar-refractivity contribution in [2.45, 2.75) is 18.8 Å². The second-order valence-corrected chi connectivity index (χ2v) is 5.93. The number of carbonyl (C=O) groups excluding carboxylic acids is 1. The molecule has 127 valence electrons. The van der Waals surface area contributed by atoms with Crippen LogP contribution in [-0.2, 0) is 9.47 Å². The summed E-state index contributed by atoms with van der Waals surface area (Å²) in [5, 5.41) is 0.301. The lowest BCUT2D eigenvalue weighted by molar-refractivity contribution is -0.0260. The van der Waals surface area contributed by atoms with Gasteiger partial charge in [-0.15, -0.1) is 0 Å². The van der Waals surface area contributed by atoms with Crippen molar-refractivity contribution in [3.63, 3.8) is 0 Å². The van der Waals surface area contributed by atoms with E-state index in [0.29, 0.717) is 28.3 Å². The van der Waals surface area contributed by atoms with E-state index >= 15 is 0 Å². The summed E-state index contributed by atoms with van der Waals surface area (Å²) in [6.07, 6.45) is 5.09. The van der Waals surface area contributed by atoms with Crippen molar-refractivity contribution in [3.05, 3.63) is 60.1 Å². The zero-order chi connectivity index (χ0) is 17.2. The summed E-state index contributed by atoms with van der Waals surface area (Å²) in [4.78, 5) is 24.3. The third kappa shape index (κ3) is 3.20. The molecule has 0 unspecified atom stereocenters. The quantitative estimate of drug-likeness (QED) is 0.527. The molecule has 3 heterocycles. The number of fused-ring (bicyclic) bond motifs is 1. The van der Waals surface area contributed by atoms with Crippen LogP contribution in [0.2, 0.25) is 5.15 Å². The van der Waals surface area contributed by atoms with Crippen LogP contribution in [-0.4, -0.2) is 38.2 Å². The molecule has 0 amide bonds. The third-order valence-corrected chi connectivity index (χ3v) is 4.21. The molecular weight excluding hydrogens is 344 g/mol. The topological polar surface area (TPSA) is 79.1 Å². The van der Waals surface area contributed by atoms with Gasteiger partial charge in [0.15, 0.2) is 10.8 Å². The fourth-order valence-electron chi connectivity index (χ4n) is 2.70. The van der Waals surface area contributed by atoms with Gasteiger partial charge in [0, 0.05) is 6.42 Å². The molecule has 2 aromatic heterocycles. The van der Waals surface area contributed by atoms with Crippen LogP contribution in [0.3, 0.4) is 0 Å². The molecule has 25 heavy (non-hydrogen) atoms. The summed E-state index contributed by atoms with van der Waals surface area (Å²) < 4.78 is 13.0. The van der Waals surface area contributed by atoms with Crippen LogP contribution in [0, 0.1) is 6.42 Å². The predicted octanol–water partition coefficient (Wildman–Crippen LogP) is 2.83. The number of halogens is 1. The minimum atomic E-state index is -0.361. The number of nitrogens with zero attached hydrogens (tertiary/aromatic N) is 4. The molecule has 1 aliphatic rings. The number of rotatable bonds is 4. The first-order valence-electron chi connectivity index (χ1n) is 7.76. The Morgan fingerprint density at radius 3 is 2.96 bits per heavy atom. The molecule has 0 aliphatic carbocycles. The average molecular weight is 358 g/mol. The van der Waals surface area contributed by atoms with E-state index < -0.39 is 0 Å². The first kappa shape index (κ1) is 16.0. The van der Waals surface area contributed by atoms with Gasteiger partial charge in [0.25, 0.3) is 0 Å². The van der Waals surface area contributed by atoms with E-state index in [0.717, 1.165) is 0 Å². The summed E-state index contributed by atoms with van der Waals surface area (Å²) in [7, 11) is 0. The Kier molecular flexibility index (Phi) is 4.33. The Labute approximate surface area is 148 Å². The second kappa shape index (κ2) is 6.78. The number of benzene rings is 1. The lowest BCUT2D eigenvalue weighted by atomic mass is 10.2. The Hall–Kier alpha value is -2.51. The largest absolute Gasteiger partial charge is 0.459 e. The van der Waals surface area contributed by atoms with Gasteiger partial charge >= 0.3 is 5.97 Å². The number of aromatic nitrogens is 4. The number of esters is 1. The van der Waals surface area contributed by atoms with Gasteiger partial charge in [-0.1, -0.05) is 29.8 Å². The first-order valence-corrected chi connectivity index (χ1v) is 8.14. The Bertz CT molecular complexity index is 899. The van der Waals surface area contributed by atoms with E-state index in [1.807, 2.05) is 12.5 Å². The van der Waals surface area contributed by atoms with Crippen molar-refractivity contribution in [1.82, 2.24) is 19.5 Å². The summed E-state index contributed by atoms with van der Waals surface area (Å²) in [6, 6.07) is 8.87. The van der Waals surface area contributed by atoms with Crippen molar-refractivity contribution in [3.8, 4) is 0 Å². The number of ether oxygens (including phenoxy) is 2. The Balaban J connectivity index is 1.40. The SMILES string of the molecule is O=C(OC[C@@H]1C[CH][C@H](n2cnc3c(Cl)ncnc32)O1)c1ccccc1. The van der Waals surface area contributed by atoms with Crippen LogP contribution in [0.1, 0.15) is 23.0 Å². The highest BCUT2D eigenvalue weighted by atomic mass is 35.5. The fraction of sp³-hybridized carbons (Fsp3) is 0.235. The Morgan fingerprint density at radius 1 is 1.28 bits per heavy atom. The molecule has 0 N–H and O–H groups in total. The van der Waals surface area contributed by atoms with Gasteiger partial charge in [0.1, 0.15) is 24.7 Å². The first-order chi connectivity index (χ1) is 12.2. The fourth-order valence-corrected chi connectivity index (χ4v) is 2.88. The van der Waals surface area contributed by atoms with Gasteiger partial charge in [-0.25, -0.2) is 19.7 Å². The normalized spacial score (nSPS) is 20.0. The van der Waals surface area contributed by atoms with Crippen LogP contribution >= 0.6 is 11.6 Å². The van der Waals surface area contributed by atoms with Gasteiger partial charge in [-0.05, 0) is 18.6 Å². The van der Waals surface area contributed by atoms with Gasteiger partial charge in [0.05, 0.1) is 18.0 Å². The van der Waals surface area contributed by atoms with Crippen LogP contribution in [0.5, 0.6) is 0 Å². The van der Waals surface area contributed by atoms with Gasteiger partial charge in [-0.3, -0.25) is 4.57 Å². The maximum Gasteiger partial charge on any atom is 0.338 e. The minimum Gasteiger partial charge on any atom is -0.459 e. The summed E-state index contributed by atoms with van der Waals surface area (Å²) in [5.74, 6) is -0.361. The van der Waals surface area contributed by atoms with E-state index in [-0.39, 0.29) is 24.9 Å². The standard InChI is InChI=1S/C17H14ClN4O3/c18-15-14-16(20-9-19-15)22(10-21-14)13-7-6-12(25-13)8-24-17(23)11-4-2-1-3-5-11/h1-5,7,9-10,12-13H,6,8H2/t12-,13+/m0/s1. The molecule has 1 aliphatic heterocycles. The average Bonchev–Trinajstić information content (AvgIpc) is 3.27. The van der Waals surface area contributed by atoms with Crippen molar-refractivity contribution >= 4 is 28.7 Å². The number of hydrogen-bond donors (Lipinski definition) is 0. The smallest absolute Gasteiger partial charge is 0.338 e. The molecule has 3 aromatic rings. The monoisotopic (exact) mass is 357 g/mol. The maximum atomic E-state index is 12.0. The molecule has 1 radical (unpaired) electrons. The highest BCUT2D eigenvalue weighted by molar-refractivity contribution is 6.33. The molecule has 2 atom stereocenters. The van der Waals surface area contributed by atoms with Crippen molar-refractivity contribution in [1.29, 1.82) is 0 Å². The molecule has 0 bridgehead atoms. The predicted molar refractivity (Wildman–Crippen MR) is 89.9 cm³/mol. The van der Waals surface area contributed by atoms with Crippen molar-refractivity contribution < 1.29 is 14.3 Å². The zero-order valence-corrected chi connectivity index (χ0v) is 13.8. The lowest BCUT2D eigenvalue weighted by Crippen LogP contribution is -2.19. The molecule has 8 heteroatoms. The minimum absolute atomic E-state index is 0.184. The van der Waals surface area contributed by atoms with Gasteiger partial charge < -0.3 is 9.47 Å². The molecule has 4 rings (SSSR count). The van der Waals surface area contributed by atoms with Crippen LogP contribution < -0.4 is 0 Å². The maximum absolute atomic E-state index is 12.0. The second-order valence-electron chi connectivity index (χ2n) is 5.57. The molecule has 1 aromatic carbocycles. The highest BCUT2D eigenvalue weighted by Crippen LogP contribution is 2.30. The van der Waals surface area contributed by atoms with Crippen LogP contribution in [0.15, 0.2) is 43.0 Å². The third-order valence-electron chi connectivity index (χ3n) is 3.93. The van der Waals surface area contributed by atoms with E-state index in [9.17, 15) is 4.79 Å². The number of carbonyl (C=O) groups is 1. The summed E-state index contributed by atoms with van der Waals surface area (Å²) >= 11 is 6.01. The molecule has 1 saturated heterocycles.